The number of hydrogen-bond donors (Lipinski definition) is 1. The van der Waals surface area contributed by atoms with Gasteiger partial charge in [0.15, 0.2) is 5.78 Å². The van der Waals surface area contributed by atoms with Gasteiger partial charge in [0.25, 0.3) is 0 Å². The van der Waals surface area contributed by atoms with Gasteiger partial charge in [-0.3, -0.25) is 9.59 Å². The van der Waals surface area contributed by atoms with Crippen molar-refractivity contribution in [2.45, 2.75) is 66.2 Å². The van der Waals surface area contributed by atoms with Crippen LogP contribution in [0.25, 0.3) is 0 Å². The van der Waals surface area contributed by atoms with Crippen molar-refractivity contribution in [1.82, 2.24) is 0 Å². The predicted molar refractivity (Wildman–Crippen MR) is 123 cm³/mol. The summed E-state index contributed by atoms with van der Waals surface area (Å²) in [7, 11) is 0. The van der Waals surface area contributed by atoms with E-state index in [1.54, 1.807) is 0 Å². The summed E-state index contributed by atoms with van der Waals surface area (Å²) in [4.78, 5) is 24.5. The Kier molecular flexibility index (Phi) is 8.83. The van der Waals surface area contributed by atoms with E-state index in [1.165, 1.54) is 18.4 Å². The molecular weight excluding hydrogens is 372 g/mol. The number of carboxylic acid groups (broad SMARTS) is 1. The molecular formula is C27H36O3. The molecule has 2 unspecified atom stereocenters. The van der Waals surface area contributed by atoms with E-state index in [4.69, 9.17) is 0 Å². The molecule has 0 spiro atoms. The first-order chi connectivity index (χ1) is 14.2. The highest BCUT2D eigenvalue weighted by atomic mass is 16.4. The molecule has 0 aliphatic rings. The Morgan fingerprint density at radius 1 is 0.867 bits per heavy atom. The normalized spacial score (nSPS) is 14.3. The van der Waals surface area contributed by atoms with Gasteiger partial charge in [-0.05, 0) is 36.3 Å². The fraction of sp³-hybridized carbons (Fsp3) is 0.481. The van der Waals surface area contributed by atoms with E-state index < -0.39 is 11.9 Å². The smallest absolute Gasteiger partial charge is 0.303 e. The number of benzene rings is 2. The number of rotatable bonds is 11. The van der Waals surface area contributed by atoms with Crippen molar-refractivity contribution < 1.29 is 14.7 Å². The van der Waals surface area contributed by atoms with Crippen LogP contribution in [0.1, 0.15) is 79.9 Å². The fourth-order valence-electron chi connectivity index (χ4n) is 3.96. The van der Waals surface area contributed by atoms with Crippen molar-refractivity contribution in [1.29, 1.82) is 0 Å². The molecule has 0 amide bonds. The lowest BCUT2D eigenvalue weighted by Gasteiger charge is -2.23. The number of hydrogen-bond acceptors (Lipinski definition) is 2. The van der Waals surface area contributed by atoms with Crippen LogP contribution in [-0.2, 0) is 11.2 Å². The van der Waals surface area contributed by atoms with E-state index in [-0.39, 0.29) is 18.1 Å². The zero-order valence-electron chi connectivity index (χ0n) is 19.0. The van der Waals surface area contributed by atoms with E-state index in [0.29, 0.717) is 11.5 Å². The van der Waals surface area contributed by atoms with Crippen LogP contribution in [0, 0.1) is 24.7 Å². The van der Waals surface area contributed by atoms with Gasteiger partial charge in [0.2, 0.25) is 0 Å². The lowest BCUT2D eigenvalue weighted by Crippen LogP contribution is -2.22. The molecule has 2 aromatic carbocycles. The zero-order chi connectivity index (χ0) is 22.3. The number of aliphatic carboxylic acids is 1. The zero-order valence-corrected chi connectivity index (χ0v) is 19.0. The molecule has 0 aliphatic carbocycles. The van der Waals surface area contributed by atoms with Crippen LogP contribution in [0.2, 0.25) is 0 Å². The minimum atomic E-state index is -0.880. The Balaban J connectivity index is 2.15. The van der Waals surface area contributed by atoms with Gasteiger partial charge in [-0.1, -0.05) is 94.6 Å². The Labute approximate surface area is 181 Å². The highest BCUT2D eigenvalue weighted by Crippen LogP contribution is 2.31. The second kappa shape index (κ2) is 11.1. The summed E-state index contributed by atoms with van der Waals surface area (Å²) in [5, 5.41) is 9.45. The second-order valence-electron chi connectivity index (χ2n) is 9.25. The summed E-state index contributed by atoms with van der Waals surface area (Å²) in [5.41, 5.74) is 3.92. The molecule has 0 aromatic heterocycles. The van der Waals surface area contributed by atoms with E-state index in [1.807, 2.05) is 50.2 Å². The van der Waals surface area contributed by atoms with Gasteiger partial charge in [-0.25, -0.2) is 0 Å². The maximum Gasteiger partial charge on any atom is 0.303 e. The first-order valence-corrected chi connectivity index (χ1v) is 11.1. The Bertz CT molecular complexity index is 818. The standard InChI is InChI=1S/C27H36O3/c1-18(2)6-7-20(4)16-22-10-14-23(15-11-22)25(17-26(28)29)21(5)27(30)24-12-8-19(3)9-13-24/h8-15,18,20-21,25H,6-7,16-17H2,1-5H3,(H,28,29)/t20-,21?,25?/m1/s1. The predicted octanol–water partition coefficient (Wildman–Crippen LogP) is 6.69. The molecule has 0 fully saturated rings. The van der Waals surface area contributed by atoms with Crippen LogP contribution in [-0.4, -0.2) is 16.9 Å². The van der Waals surface area contributed by atoms with E-state index in [9.17, 15) is 14.7 Å². The molecule has 0 saturated heterocycles. The summed E-state index contributed by atoms with van der Waals surface area (Å²) in [6.07, 6.45) is 3.42. The first-order valence-electron chi connectivity index (χ1n) is 11.1. The third-order valence-electron chi connectivity index (χ3n) is 5.98. The second-order valence-corrected chi connectivity index (χ2v) is 9.25. The van der Waals surface area contributed by atoms with Crippen molar-refractivity contribution in [3.63, 3.8) is 0 Å². The summed E-state index contributed by atoms with van der Waals surface area (Å²) < 4.78 is 0. The van der Waals surface area contributed by atoms with Crippen LogP contribution in [0.4, 0.5) is 0 Å². The molecule has 0 radical (unpaired) electrons. The van der Waals surface area contributed by atoms with E-state index in [0.717, 1.165) is 23.5 Å². The van der Waals surface area contributed by atoms with Crippen LogP contribution in [0.5, 0.6) is 0 Å². The molecule has 0 bridgehead atoms. The highest BCUT2D eigenvalue weighted by molar-refractivity contribution is 5.98. The lowest BCUT2D eigenvalue weighted by atomic mass is 9.80. The van der Waals surface area contributed by atoms with Crippen molar-refractivity contribution in [2.24, 2.45) is 17.8 Å². The SMILES string of the molecule is Cc1ccc(C(=O)C(C)C(CC(=O)O)c2ccc(C[C@H](C)CCC(C)C)cc2)cc1. The van der Waals surface area contributed by atoms with Crippen molar-refractivity contribution in [3.05, 3.63) is 70.8 Å². The number of ketones is 1. The number of Topliss-reactive ketones (excluding diaryl/α,β-unsaturated/α-hetero) is 1. The monoisotopic (exact) mass is 408 g/mol. The minimum absolute atomic E-state index is 0.00682. The average molecular weight is 409 g/mol. The molecule has 3 atom stereocenters. The Morgan fingerprint density at radius 2 is 1.47 bits per heavy atom. The molecule has 162 valence electrons. The minimum Gasteiger partial charge on any atom is -0.481 e. The fourth-order valence-corrected chi connectivity index (χ4v) is 3.96. The van der Waals surface area contributed by atoms with Crippen LogP contribution in [0.15, 0.2) is 48.5 Å². The van der Waals surface area contributed by atoms with Gasteiger partial charge < -0.3 is 5.11 Å². The summed E-state index contributed by atoms with van der Waals surface area (Å²) in [5.74, 6) is -0.292. The molecule has 2 rings (SSSR count). The summed E-state index contributed by atoms with van der Waals surface area (Å²) >= 11 is 0. The largest absolute Gasteiger partial charge is 0.481 e. The molecule has 0 heterocycles. The van der Waals surface area contributed by atoms with E-state index >= 15 is 0 Å². The lowest BCUT2D eigenvalue weighted by molar-refractivity contribution is -0.137. The number of carbonyl (C=O) groups excluding carboxylic acids is 1. The number of carboxylic acids is 1. The third-order valence-corrected chi connectivity index (χ3v) is 5.98. The van der Waals surface area contributed by atoms with Crippen molar-refractivity contribution in [3.8, 4) is 0 Å². The van der Waals surface area contributed by atoms with Crippen molar-refractivity contribution in [2.75, 3.05) is 0 Å². The Hall–Kier alpha value is -2.42. The summed E-state index contributed by atoms with van der Waals surface area (Å²) in [6.45, 7) is 10.6. The average Bonchev–Trinajstić information content (AvgIpc) is 2.70. The molecule has 30 heavy (non-hydrogen) atoms. The number of carbonyl (C=O) groups is 2. The van der Waals surface area contributed by atoms with Gasteiger partial charge in [-0.15, -0.1) is 0 Å². The van der Waals surface area contributed by atoms with E-state index in [2.05, 4.69) is 32.9 Å². The highest BCUT2D eigenvalue weighted by Gasteiger charge is 2.28. The van der Waals surface area contributed by atoms with Crippen LogP contribution < -0.4 is 0 Å². The maximum atomic E-state index is 13.0. The van der Waals surface area contributed by atoms with Gasteiger partial charge in [0.1, 0.15) is 0 Å². The molecule has 0 saturated carbocycles. The maximum absolute atomic E-state index is 13.0. The van der Waals surface area contributed by atoms with Gasteiger partial charge in [0.05, 0.1) is 6.42 Å². The Morgan fingerprint density at radius 3 is 2.00 bits per heavy atom. The third kappa shape index (κ3) is 7.12. The first kappa shape index (κ1) is 23.9. The quantitative estimate of drug-likeness (QED) is 0.422. The molecule has 3 heteroatoms. The van der Waals surface area contributed by atoms with Crippen LogP contribution >= 0.6 is 0 Å². The summed E-state index contributed by atoms with van der Waals surface area (Å²) in [6, 6.07) is 15.7. The van der Waals surface area contributed by atoms with Gasteiger partial charge in [-0.2, -0.15) is 0 Å². The van der Waals surface area contributed by atoms with Gasteiger partial charge >= 0.3 is 5.97 Å². The molecule has 1 N–H and O–H groups in total. The molecule has 0 aliphatic heterocycles. The van der Waals surface area contributed by atoms with Crippen molar-refractivity contribution >= 4 is 11.8 Å². The molecule has 2 aromatic rings. The van der Waals surface area contributed by atoms with Gasteiger partial charge in [0, 0.05) is 17.4 Å². The molecule has 3 nitrogen and oxygen atoms in total. The topological polar surface area (TPSA) is 54.4 Å². The number of aryl methyl sites for hydroxylation is 1. The van der Waals surface area contributed by atoms with Crippen LogP contribution in [0.3, 0.4) is 0 Å².